The molecule has 2 aromatic carbocycles. The molecule has 100 valence electrons. The molecule has 1 N–H and O–H groups in total. The summed E-state index contributed by atoms with van der Waals surface area (Å²) in [6.07, 6.45) is 3.15. The highest BCUT2D eigenvalue weighted by atomic mass is 16.3. The minimum Gasteiger partial charge on any atom is -0.384 e. The van der Waals surface area contributed by atoms with E-state index in [-0.39, 0.29) is 0 Å². The molecule has 1 aliphatic rings. The highest BCUT2D eigenvalue weighted by Gasteiger charge is 2.20. The van der Waals surface area contributed by atoms with Crippen LogP contribution in [-0.4, -0.2) is 5.11 Å². The van der Waals surface area contributed by atoms with Crippen LogP contribution in [0.4, 0.5) is 0 Å². The van der Waals surface area contributed by atoms with E-state index in [2.05, 4.69) is 18.2 Å². The molecule has 0 aliphatic heterocycles. The van der Waals surface area contributed by atoms with Gasteiger partial charge in [0.05, 0.1) is 11.6 Å². The molecule has 20 heavy (non-hydrogen) atoms. The van der Waals surface area contributed by atoms with Crippen LogP contribution < -0.4 is 0 Å². The Balaban J connectivity index is 1.89. The lowest BCUT2D eigenvalue weighted by Crippen LogP contribution is -2.09. The van der Waals surface area contributed by atoms with Crippen molar-refractivity contribution in [1.82, 2.24) is 0 Å². The highest BCUT2D eigenvalue weighted by molar-refractivity contribution is 5.39. The first-order valence-electron chi connectivity index (χ1n) is 7.06. The van der Waals surface area contributed by atoms with Crippen molar-refractivity contribution >= 4 is 0 Å². The van der Waals surface area contributed by atoms with Gasteiger partial charge in [-0.15, -0.1) is 0 Å². The average molecular weight is 263 g/mol. The normalized spacial score (nSPS) is 16.2. The molecular weight excluding hydrogens is 246 g/mol. The van der Waals surface area contributed by atoms with Crippen LogP contribution in [0, 0.1) is 11.3 Å². The van der Waals surface area contributed by atoms with E-state index >= 15 is 0 Å². The van der Waals surface area contributed by atoms with Crippen LogP contribution in [0.15, 0.2) is 48.5 Å². The molecule has 0 heterocycles. The Bertz CT molecular complexity index is 652. The number of aliphatic hydroxyl groups excluding tert-OH is 1. The summed E-state index contributed by atoms with van der Waals surface area (Å²) in [4.78, 5) is 0. The van der Waals surface area contributed by atoms with Gasteiger partial charge in [-0.1, -0.05) is 42.8 Å². The van der Waals surface area contributed by atoms with Gasteiger partial charge in [-0.25, -0.2) is 0 Å². The molecule has 0 spiro atoms. The molecule has 1 atom stereocenters. The van der Waals surface area contributed by atoms with E-state index in [1.54, 1.807) is 12.1 Å². The second-order valence-corrected chi connectivity index (χ2v) is 5.44. The van der Waals surface area contributed by atoms with Crippen LogP contribution in [0.3, 0.4) is 0 Å². The standard InChI is InChI=1S/C18H17NO/c19-12-13-4-1-8-16(10-13)18(20)17-9-3-7-15(11-17)14-5-2-6-14/h1,3-4,7-11,14,18,20H,2,5-6H2. The van der Waals surface area contributed by atoms with Gasteiger partial charge in [0.1, 0.15) is 6.10 Å². The molecule has 3 rings (SSSR count). The lowest BCUT2D eigenvalue weighted by molar-refractivity contribution is 0.220. The van der Waals surface area contributed by atoms with Crippen molar-refractivity contribution in [3.05, 3.63) is 70.8 Å². The van der Waals surface area contributed by atoms with Crippen molar-refractivity contribution in [3.8, 4) is 6.07 Å². The van der Waals surface area contributed by atoms with E-state index in [9.17, 15) is 5.11 Å². The van der Waals surface area contributed by atoms with Crippen LogP contribution >= 0.6 is 0 Å². The zero-order valence-corrected chi connectivity index (χ0v) is 11.3. The molecular formula is C18H17NO. The monoisotopic (exact) mass is 263 g/mol. The molecule has 0 saturated heterocycles. The van der Waals surface area contributed by atoms with Crippen molar-refractivity contribution in [2.24, 2.45) is 0 Å². The maximum Gasteiger partial charge on any atom is 0.104 e. The Morgan fingerprint density at radius 1 is 1.05 bits per heavy atom. The summed E-state index contributed by atoms with van der Waals surface area (Å²) < 4.78 is 0. The first kappa shape index (κ1) is 12.9. The number of benzene rings is 2. The first-order chi connectivity index (χ1) is 9.78. The van der Waals surface area contributed by atoms with Gasteiger partial charge in [-0.2, -0.15) is 5.26 Å². The van der Waals surface area contributed by atoms with Crippen LogP contribution in [0.25, 0.3) is 0 Å². The Morgan fingerprint density at radius 2 is 1.75 bits per heavy atom. The lowest BCUT2D eigenvalue weighted by Gasteiger charge is -2.26. The van der Waals surface area contributed by atoms with Gasteiger partial charge in [-0.05, 0) is 47.6 Å². The molecule has 1 aliphatic carbocycles. The highest BCUT2D eigenvalue weighted by Crippen LogP contribution is 2.37. The van der Waals surface area contributed by atoms with Gasteiger partial charge in [0, 0.05) is 0 Å². The van der Waals surface area contributed by atoms with E-state index in [1.807, 2.05) is 24.3 Å². The number of nitrogens with zero attached hydrogens (tertiary/aromatic N) is 1. The topological polar surface area (TPSA) is 44.0 Å². The molecule has 2 nitrogen and oxygen atoms in total. The van der Waals surface area contributed by atoms with Gasteiger partial charge < -0.3 is 5.11 Å². The Kier molecular flexibility index (Phi) is 3.54. The zero-order valence-electron chi connectivity index (χ0n) is 11.3. The molecule has 2 aromatic rings. The third-order valence-electron chi connectivity index (χ3n) is 4.13. The predicted octanol–water partition coefficient (Wildman–Crippen LogP) is 3.91. The van der Waals surface area contributed by atoms with Crippen molar-refractivity contribution in [2.45, 2.75) is 31.3 Å². The fraction of sp³-hybridized carbons (Fsp3) is 0.278. The molecule has 1 saturated carbocycles. The zero-order chi connectivity index (χ0) is 13.9. The SMILES string of the molecule is N#Cc1cccc(C(O)c2cccc(C3CCC3)c2)c1. The van der Waals surface area contributed by atoms with Crippen molar-refractivity contribution < 1.29 is 5.11 Å². The largest absolute Gasteiger partial charge is 0.384 e. The van der Waals surface area contributed by atoms with Gasteiger partial charge in [0.2, 0.25) is 0 Å². The Labute approximate surface area is 119 Å². The quantitative estimate of drug-likeness (QED) is 0.912. The fourth-order valence-corrected chi connectivity index (χ4v) is 2.70. The number of hydrogen-bond donors (Lipinski definition) is 1. The van der Waals surface area contributed by atoms with E-state index < -0.39 is 6.10 Å². The van der Waals surface area contributed by atoms with E-state index in [1.165, 1.54) is 24.8 Å². The summed E-state index contributed by atoms with van der Waals surface area (Å²) in [7, 11) is 0. The van der Waals surface area contributed by atoms with Crippen LogP contribution in [0.5, 0.6) is 0 Å². The maximum atomic E-state index is 10.5. The summed E-state index contributed by atoms with van der Waals surface area (Å²) in [6.45, 7) is 0. The van der Waals surface area contributed by atoms with Crippen molar-refractivity contribution in [3.63, 3.8) is 0 Å². The molecule has 2 heteroatoms. The maximum absolute atomic E-state index is 10.5. The summed E-state index contributed by atoms with van der Waals surface area (Å²) in [5.41, 5.74) is 3.58. The van der Waals surface area contributed by atoms with E-state index in [0.29, 0.717) is 11.5 Å². The second kappa shape index (κ2) is 5.48. The third kappa shape index (κ3) is 2.45. The van der Waals surface area contributed by atoms with Crippen LogP contribution in [-0.2, 0) is 0 Å². The first-order valence-corrected chi connectivity index (χ1v) is 7.06. The summed E-state index contributed by atoms with van der Waals surface area (Å²) in [6, 6.07) is 17.5. The lowest BCUT2D eigenvalue weighted by atomic mass is 9.79. The van der Waals surface area contributed by atoms with Crippen LogP contribution in [0.2, 0.25) is 0 Å². The van der Waals surface area contributed by atoms with Gasteiger partial charge in [0.25, 0.3) is 0 Å². The molecule has 0 aromatic heterocycles. The molecule has 0 amide bonds. The minimum atomic E-state index is -0.664. The van der Waals surface area contributed by atoms with Crippen molar-refractivity contribution in [1.29, 1.82) is 5.26 Å². The molecule has 1 unspecified atom stereocenters. The number of aliphatic hydroxyl groups is 1. The second-order valence-electron chi connectivity index (χ2n) is 5.44. The van der Waals surface area contributed by atoms with Crippen LogP contribution in [0.1, 0.15) is 53.5 Å². The van der Waals surface area contributed by atoms with Gasteiger partial charge >= 0.3 is 0 Å². The summed E-state index contributed by atoms with van der Waals surface area (Å²) in [5.74, 6) is 0.660. The van der Waals surface area contributed by atoms with E-state index in [0.717, 1.165) is 11.1 Å². The Hall–Kier alpha value is -2.11. The summed E-state index contributed by atoms with van der Waals surface area (Å²) >= 11 is 0. The molecule has 1 fully saturated rings. The third-order valence-corrected chi connectivity index (χ3v) is 4.13. The Morgan fingerprint density at radius 3 is 2.40 bits per heavy atom. The smallest absolute Gasteiger partial charge is 0.104 e. The van der Waals surface area contributed by atoms with E-state index in [4.69, 9.17) is 5.26 Å². The summed E-state index contributed by atoms with van der Waals surface area (Å²) in [5, 5.41) is 19.4. The average Bonchev–Trinajstić information content (AvgIpc) is 2.45. The predicted molar refractivity (Wildman–Crippen MR) is 78.3 cm³/mol. The number of nitriles is 1. The van der Waals surface area contributed by atoms with Crippen molar-refractivity contribution in [2.75, 3.05) is 0 Å². The number of rotatable bonds is 3. The number of hydrogen-bond acceptors (Lipinski definition) is 2. The van der Waals surface area contributed by atoms with Gasteiger partial charge in [-0.3, -0.25) is 0 Å². The van der Waals surface area contributed by atoms with Gasteiger partial charge in [0.15, 0.2) is 0 Å². The minimum absolute atomic E-state index is 0.580. The molecule has 0 radical (unpaired) electrons. The fourth-order valence-electron chi connectivity index (χ4n) is 2.70. The molecule has 0 bridgehead atoms.